The van der Waals surface area contributed by atoms with E-state index in [9.17, 15) is 4.79 Å². The number of carbonyl (C=O) groups is 1. The molecule has 1 heterocycles. The van der Waals surface area contributed by atoms with Crippen LogP contribution < -0.4 is 14.8 Å². The Hall–Kier alpha value is -2.54. The summed E-state index contributed by atoms with van der Waals surface area (Å²) >= 11 is 0. The van der Waals surface area contributed by atoms with Gasteiger partial charge >= 0.3 is 0 Å². The number of hydrogen-bond donors (Lipinski definition) is 1. The van der Waals surface area contributed by atoms with Gasteiger partial charge in [-0.05, 0) is 6.07 Å². The summed E-state index contributed by atoms with van der Waals surface area (Å²) in [7, 11) is 6.47. The van der Waals surface area contributed by atoms with Crippen LogP contribution in [0.2, 0.25) is 0 Å². The van der Waals surface area contributed by atoms with E-state index in [4.69, 9.17) is 14.2 Å². The van der Waals surface area contributed by atoms with E-state index in [1.165, 1.54) is 7.11 Å². The van der Waals surface area contributed by atoms with Crippen molar-refractivity contribution in [3.05, 3.63) is 42.0 Å². The SMILES string of the molecule is COCC(=O)N[C@H](c1cccc(OC)c1OC)c1nccn1C. The Kier molecular flexibility index (Phi) is 5.59. The lowest BCUT2D eigenvalue weighted by atomic mass is 10.0. The summed E-state index contributed by atoms with van der Waals surface area (Å²) in [5.74, 6) is 1.58. The van der Waals surface area contributed by atoms with Gasteiger partial charge in [0.15, 0.2) is 11.5 Å². The number of hydrogen-bond acceptors (Lipinski definition) is 5. The van der Waals surface area contributed by atoms with Crippen molar-refractivity contribution in [1.82, 2.24) is 14.9 Å². The standard InChI is InChI=1S/C16H21N3O4/c1-19-9-8-17-16(19)14(18-13(20)10-21-2)11-6-5-7-12(22-3)15(11)23-4/h5-9,14H,10H2,1-4H3,(H,18,20)/t14-/m1/s1. The van der Waals surface area contributed by atoms with Gasteiger partial charge in [0, 0.05) is 32.1 Å². The minimum absolute atomic E-state index is 0.0345. The van der Waals surface area contributed by atoms with E-state index in [0.717, 1.165) is 5.56 Å². The lowest BCUT2D eigenvalue weighted by molar-refractivity contribution is -0.125. The van der Waals surface area contributed by atoms with E-state index >= 15 is 0 Å². The molecular weight excluding hydrogens is 298 g/mol. The summed E-state index contributed by atoms with van der Waals surface area (Å²) in [6.07, 6.45) is 3.49. The number of aromatic nitrogens is 2. The van der Waals surface area contributed by atoms with Crippen molar-refractivity contribution in [1.29, 1.82) is 0 Å². The minimum atomic E-state index is -0.484. The zero-order valence-electron chi connectivity index (χ0n) is 13.7. The summed E-state index contributed by atoms with van der Waals surface area (Å²) in [6.45, 7) is -0.0345. The Morgan fingerprint density at radius 3 is 2.65 bits per heavy atom. The van der Waals surface area contributed by atoms with Crippen LogP contribution in [-0.2, 0) is 16.6 Å². The van der Waals surface area contributed by atoms with Crippen molar-refractivity contribution in [2.24, 2.45) is 7.05 Å². The first-order valence-corrected chi connectivity index (χ1v) is 7.08. The highest BCUT2D eigenvalue weighted by Crippen LogP contribution is 2.36. The normalized spacial score (nSPS) is 11.8. The maximum absolute atomic E-state index is 12.0. The average molecular weight is 319 g/mol. The number of rotatable bonds is 7. The molecule has 1 aromatic heterocycles. The number of amides is 1. The highest BCUT2D eigenvalue weighted by atomic mass is 16.5. The molecule has 2 aromatic rings. The van der Waals surface area contributed by atoms with Crippen LogP contribution in [0.25, 0.3) is 0 Å². The third-order valence-electron chi connectivity index (χ3n) is 3.44. The Morgan fingerprint density at radius 1 is 1.30 bits per heavy atom. The third kappa shape index (κ3) is 3.62. The molecule has 2 rings (SSSR count). The number of nitrogens with one attached hydrogen (secondary N) is 1. The molecule has 0 unspecified atom stereocenters. The van der Waals surface area contributed by atoms with E-state index in [2.05, 4.69) is 10.3 Å². The molecule has 0 fully saturated rings. The molecule has 0 aliphatic heterocycles. The summed E-state index contributed by atoms with van der Waals surface area (Å²) in [4.78, 5) is 16.4. The molecular formula is C16H21N3O4. The van der Waals surface area contributed by atoms with Crippen LogP contribution in [0.3, 0.4) is 0 Å². The molecule has 7 heteroatoms. The first-order valence-electron chi connectivity index (χ1n) is 7.08. The van der Waals surface area contributed by atoms with Crippen LogP contribution in [0.1, 0.15) is 17.4 Å². The third-order valence-corrected chi connectivity index (χ3v) is 3.44. The molecule has 0 aliphatic carbocycles. The van der Waals surface area contributed by atoms with Gasteiger partial charge in [0.25, 0.3) is 0 Å². The summed E-state index contributed by atoms with van der Waals surface area (Å²) < 4.78 is 17.6. The number of aryl methyl sites for hydroxylation is 1. The van der Waals surface area contributed by atoms with E-state index in [0.29, 0.717) is 17.3 Å². The van der Waals surface area contributed by atoms with E-state index < -0.39 is 6.04 Å². The highest BCUT2D eigenvalue weighted by Gasteiger charge is 2.25. The zero-order valence-corrected chi connectivity index (χ0v) is 13.7. The van der Waals surface area contributed by atoms with E-state index in [1.54, 1.807) is 26.5 Å². The molecule has 23 heavy (non-hydrogen) atoms. The van der Waals surface area contributed by atoms with Gasteiger partial charge < -0.3 is 24.1 Å². The largest absolute Gasteiger partial charge is 0.493 e. The molecule has 124 valence electrons. The fourth-order valence-electron chi connectivity index (χ4n) is 2.41. The number of nitrogens with zero attached hydrogens (tertiary/aromatic N) is 2. The number of imidazole rings is 1. The molecule has 1 amide bonds. The molecule has 0 aliphatic rings. The van der Waals surface area contributed by atoms with Crippen LogP contribution in [-0.4, -0.2) is 43.4 Å². The molecule has 7 nitrogen and oxygen atoms in total. The summed E-state index contributed by atoms with van der Waals surface area (Å²) in [6, 6.07) is 5.03. The Morgan fingerprint density at radius 2 is 2.09 bits per heavy atom. The molecule has 0 bridgehead atoms. The van der Waals surface area contributed by atoms with Gasteiger partial charge in [0.05, 0.1) is 14.2 Å². The van der Waals surface area contributed by atoms with Gasteiger partial charge in [-0.3, -0.25) is 4.79 Å². The number of ether oxygens (including phenoxy) is 3. The molecule has 0 saturated carbocycles. The molecule has 0 saturated heterocycles. The fraction of sp³-hybridized carbons (Fsp3) is 0.375. The van der Waals surface area contributed by atoms with Crippen LogP contribution >= 0.6 is 0 Å². The first kappa shape index (κ1) is 16.8. The number of carbonyl (C=O) groups excluding carboxylic acids is 1. The van der Waals surface area contributed by atoms with E-state index in [1.807, 2.05) is 29.9 Å². The topological polar surface area (TPSA) is 74.6 Å². The maximum atomic E-state index is 12.0. The Labute approximate surface area is 135 Å². The van der Waals surface area contributed by atoms with Crippen LogP contribution in [0.4, 0.5) is 0 Å². The second-order valence-electron chi connectivity index (χ2n) is 4.91. The van der Waals surface area contributed by atoms with Gasteiger partial charge in [0.1, 0.15) is 18.5 Å². The predicted molar refractivity (Wildman–Crippen MR) is 84.6 cm³/mol. The van der Waals surface area contributed by atoms with Crippen molar-refractivity contribution in [3.63, 3.8) is 0 Å². The van der Waals surface area contributed by atoms with Gasteiger partial charge in [-0.25, -0.2) is 4.98 Å². The summed E-state index contributed by atoms with van der Waals surface area (Å²) in [5.41, 5.74) is 0.755. The highest BCUT2D eigenvalue weighted by molar-refractivity contribution is 5.78. The zero-order chi connectivity index (χ0) is 16.8. The van der Waals surface area contributed by atoms with E-state index in [-0.39, 0.29) is 12.5 Å². The van der Waals surface area contributed by atoms with Crippen LogP contribution in [0.5, 0.6) is 11.5 Å². The number of para-hydroxylation sites is 1. The van der Waals surface area contributed by atoms with Crippen LogP contribution in [0.15, 0.2) is 30.6 Å². The molecule has 0 radical (unpaired) electrons. The van der Waals surface area contributed by atoms with Crippen molar-refractivity contribution in [3.8, 4) is 11.5 Å². The van der Waals surface area contributed by atoms with Gasteiger partial charge in [0.2, 0.25) is 5.91 Å². The van der Waals surface area contributed by atoms with Crippen molar-refractivity contribution in [2.75, 3.05) is 27.9 Å². The lowest BCUT2D eigenvalue weighted by Gasteiger charge is -2.22. The predicted octanol–water partition coefficient (Wildman–Crippen LogP) is 1.29. The maximum Gasteiger partial charge on any atom is 0.246 e. The smallest absolute Gasteiger partial charge is 0.246 e. The Bertz CT molecular complexity index is 669. The molecule has 0 spiro atoms. The monoisotopic (exact) mass is 319 g/mol. The van der Waals surface area contributed by atoms with Crippen molar-refractivity contribution < 1.29 is 19.0 Å². The number of methoxy groups -OCH3 is 3. The minimum Gasteiger partial charge on any atom is -0.493 e. The van der Waals surface area contributed by atoms with Gasteiger partial charge in [-0.15, -0.1) is 0 Å². The molecule has 1 aromatic carbocycles. The first-order chi connectivity index (χ1) is 11.1. The van der Waals surface area contributed by atoms with Gasteiger partial charge in [-0.1, -0.05) is 12.1 Å². The quantitative estimate of drug-likeness (QED) is 0.832. The second-order valence-corrected chi connectivity index (χ2v) is 4.91. The lowest BCUT2D eigenvalue weighted by Crippen LogP contribution is -2.33. The van der Waals surface area contributed by atoms with Crippen LogP contribution in [0, 0.1) is 0 Å². The average Bonchev–Trinajstić information content (AvgIpc) is 2.98. The molecule has 1 atom stereocenters. The Balaban J connectivity index is 2.50. The second kappa shape index (κ2) is 7.64. The summed E-state index contributed by atoms with van der Waals surface area (Å²) in [5, 5.41) is 2.92. The van der Waals surface area contributed by atoms with Gasteiger partial charge in [-0.2, -0.15) is 0 Å². The fourth-order valence-corrected chi connectivity index (χ4v) is 2.41. The van der Waals surface area contributed by atoms with Crippen molar-refractivity contribution >= 4 is 5.91 Å². The van der Waals surface area contributed by atoms with Crippen molar-refractivity contribution in [2.45, 2.75) is 6.04 Å². The molecule has 1 N–H and O–H groups in total. The number of benzene rings is 1.